The van der Waals surface area contributed by atoms with E-state index in [2.05, 4.69) is 10.3 Å². The van der Waals surface area contributed by atoms with Gasteiger partial charge in [-0.15, -0.1) is 0 Å². The highest BCUT2D eigenvalue weighted by molar-refractivity contribution is 8.00. The number of carbonyl (C=O) groups excluding carboxylic acids is 1. The maximum atomic E-state index is 12.5. The van der Waals surface area contributed by atoms with Gasteiger partial charge in [0, 0.05) is 24.4 Å². The quantitative estimate of drug-likeness (QED) is 0.320. The Labute approximate surface area is 176 Å². The van der Waals surface area contributed by atoms with Crippen molar-refractivity contribution in [1.29, 1.82) is 0 Å². The number of nitrogens with one attached hydrogen (secondary N) is 1. The molecular weight excluding hydrogens is 430 g/mol. The topological polar surface area (TPSA) is 150 Å². The van der Waals surface area contributed by atoms with Gasteiger partial charge in [0.05, 0.1) is 26.1 Å². The number of carbonyl (C=O) groups is 1. The Bertz CT molecular complexity index is 1220. The number of imidazole rings is 1. The number of rotatable bonds is 7. The van der Waals surface area contributed by atoms with Gasteiger partial charge in [0.25, 0.3) is 5.69 Å². The Morgan fingerprint density at radius 3 is 2.53 bits per heavy atom. The molecule has 2 aromatic carbocycles. The summed E-state index contributed by atoms with van der Waals surface area (Å²) in [6.45, 7) is 4.20. The van der Waals surface area contributed by atoms with Crippen molar-refractivity contribution in [1.82, 2.24) is 9.55 Å². The lowest BCUT2D eigenvalue weighted by Gasteiger charge is -2.12. The van der Waals surface area contributed by atoms with Gasteiger partial charge in [0.1, 0.15) is 0 Å². The zero-order valence-corrected chi connectivity index (χ0v) is 17.7. The highest BCUT2D eigenvalue weighted by atomic mass is 32.2. The highest BCUT2D eigenvalue weighted by Crippen LogP contribution is 2.29. The molecule has 0 saturated heterocycles. The molecule has 1 unspecified atom stereocenters. The van der Waals surface area contributed by atoms with E-state index >= 15 is 0 Å². The average Bonchev–Trinajstić information content (AvgIpc) is 3.03. The molecule has 158 valence electrons. The number of nitrogens with two attached hydrogens (primary N) is 1. The maximum Gasteiger partial charge on any atom is 0.269 e. The number of thioether (sulfide) groups is 1. The first kappa shape index (κ1) is 21.7. The molecule has 1 heterocycles. The molecule has 0 aliphatic carbocycles. The van der Waals surface area contributed by atoms with Crippen LogP contribution in [-0.2, 0) is 21.4 Å². The van der Waals surface area contributed by atoms with Gasteiger partial charge in [-0.3, -0.25) is 14.9 Å². The Morgan fingerprint density at radius 1 is 1.30 bits per heavy atom. The molecule has 0 fully saturated rings. The van der Waals surface area contributed by atoms with Crippen molar-refractivity contribution in [3.05, 3.63) is 52.6 Å². The fourth-order valence-electron chi connectivity index (χ4n) is 2.78. The standard InChI is InChI=1S/C18H19N5O5S2/c1-3-22-16-9-8-14(30(19,27)28)10-15(16)21-18(22)29-11(2)17(24)20-12-4-6-13(7-5-12)23(25)26/h4-11H,3H2,1-2H3,(H,20,24)(H2,19,27,28). The molecule has 12 heteroatoms. The van der Waals surface area contributed by atoms with Gasteiger partial charge in [0.2, 0.25) is 15.9 Å². The highest BCUT2D eigenvalue weighted by Gasteiger charge is 2.20. The van der Waals surface area contributed by atoms with E-state index in [0.29, 0.717) is 22.9 Å². The fraction of sp³-hybridized carbons (Fsp3) is 0.222. The van der Waals surface area contributed by atoms with Crippen LogP contribution >= 0.6 is 11.8 Å². The summed E-state index contributed by atoms with van der Waals surface area (Å²) in [6, 6.07) is 10.0. The van der Waals surface area contributed by atoms with Crippen molar-refractivity contribution >= 4 is 50.1 Å². The van der Waals surface area contributed by atoms with E-state index in [-0.39, 0.29) is 16.5 Å². The van der Waals surface area contributed by atoms with Crippen LogP contribution in [0.1, 0.15) is 13.8 Å². The molecular formula is C18H19N5O5S2. The third-order valence-corrected chi connectivity index (χ3v) is 6.33. The Balaban J connectivity index is 1.80. The smallest absolute Gasteiger partial charge is 0.269 e. The van der Waals surface area contributed by atoms with Crippen LogP contribution in [0.5, 0.6) is 0 Å². The number of non-ortho nitro benzene ring substituents is 1. The lowest BCUT2D eigenvalue weighted by Crippen LogP contribution is -2.22. The van der Waals surface area contributed by atoms with Gasteiger partial charge in [-0.25, -0.2) is 18.5 Å². The Morgan fingerprint density at radius 2 is 1.97 bits per heavy atom. The second kappa shape index (κ2) is 8.42. The van der Waals surface area contributed by atoms with Crippen molar-refractivity contribution in [3.63, 3.8) is 0 Å². The molecule has 0 aliphatic rings. The number of amides is 1. The zero-order chi connectivity index (χ0) is 22.1. The molecule has 0 radical (unpaired) electrons. The van der Waals surface area contributed by atoms with Gasteiger partial charge in [-0.05, 0) is 44.2 Å². The number of benzene rings is 2. The average molecular weight is 450 g/mol. The van der Waals surface area contributed by atoms with Crippen LogP contribution in [0.15, 0.2) is 52.5 Å². The third kappa shape index (κ3) is 4.61. The van der Waals surface area contributed by atoms with Crippen LogP contribution in [0.3, 0.4) is 0 Å². The SMILES string of the molecule is CCn1c(SC(C)C(=O)Nc2ccc([N+](=O)[O-])cc2)nc2cc(S(N)(=O)=O)ccc21. The monoisotopic (exact) mass is 449 g/mol. The van der Waals surface area contributed by atoms with E-state index in [1.165, 1.54) is 48.2 Å². The molecule has 3 N–H and O–H groups in total. The van der Waals surface area contributed by atoms with Crippen LogP contribution in [0.4, 0.5) is 11.4 Å². The summed E-state index contributed by atoms with van der Waals surface area (Å²) in [5, 5.41) is 18.7. The maximum absolute atomic E-state index is 12.5. The van der Waals surface area contributed by atoms with Gasteiger partial charge in [-0.1, -0.05) is 11.8 Å². The summed E-state index contributed by atoms with van der Waals surface area (Å²) in [7, 11) is -3.85. The van der Waals surface area contributed by atoms with Crippen molar-refractivity contribution in [2.24, 2.45) is 5.14 Å². The largest absolute Gasteiger partial charge is 0.325 e. The number of primary sulfonamides is 1. The molecule has 0 aliphatic heterocycles. The van der Waals surface area contributed by atoms with Crippen LogP contribution in [0.2, 0.25) is 0 Å². The van der Waals surface area contributed by atoms with E-state index in [9.17, 15) is 23.3 Å². The van der Waals surface area contributed by atoms with Gasteiger partial charge < -0.3 is 9.88 Å². The minimum Gasteiger partial charge on any atom is -0.325 e. The number of aromatic nitrogens is 2. The lowest BCUT2D eigenvalue weighted by atomic mass is 10.3. The van der Waals surface area contributed by atoms with E-state index in [0.717, 1.165) is 5.52 Å². The first-order valence-corrected chi connectivity index (χ1v) is 11.3. The van der Waals surface area contributed by atoms with E-state index in [1.54, 1.807) is 13.0 Å². The number of aryl methyl sites for hydroxylation is 1. The number of hydrogen-bond donors (Lipinski definition) is 2. The number of nitro groups is 1. The molecule has 30 heavy (non-hydrogen) atoms. The van der Waals surface area contributed by atoms with E-state index < -0.39 is 20.2 Å². The summed E-state index contributed by atoms with van der Waals surface area (Å²) in [5.41, 5.74) is 1.58. The van der Waals surface area contributed by atoms with Gasteiger partial charge in [0.15, 0.2) is 5.16 Å². The molecule has 1 aromatic heterocycles. The predicted molar refractivity (Wildman–Crippen MR) is 114 cm³/mol. The third-order valence-electron chi connectivity index (χ3n) is 4.33. The van der Waals surface area contributed by atoms with Crippen molar-refractivity contribution in [3.8, 4) is 0 Å². The van der Waals surface area contributed by atoms with Crippen molar-refractivity contribution in [2.45, 2.75) is 35.7 Å². The predicted octanol–water partition coefficient (Wildman–Crippen LogP) is 2.73. The van der Waals surface area contributed by atoms with E-state index in [4.69, 9.17) is 5.14 Å². The minimum absolute atomic E-state index is 0.0312. The Kier molecular flexibility index (Phi) is 6.10. The molecule has 3 rings (SSSR count). The molecule has 10 nitrogen and oxygen atoms in total. The van der Waals surface area contributed by atoms with Crippen LogP contribution < -0.4 is 10.5 Å². The fourth-order valence-corrected chi connectivity index (χ4v) is 4.30. The molecule has 3 aromatic rings. The molecule has 0 spiro atoms. The number of hydrogen-bond acceptors (Lipinski definition) is 7. The van der Waals surface area contributed by atoms with Crippen LogP contribution in [0.25, 0.3) is 11.0 Å². The first-order valence-electron chi connectivity index (χ1n) is 8.85. The first-order chi connectivity index (χ1) is 14.1. The van der Waals surface area contributed by atoms with Gasteiger partial charge in [-0.2, -0.15) is 0 Å². The van der Waals surface area contributed by atoms with E-state index in [1.807, 2.05) is 11.5 Å². The molecule has 0 bridgehead atoms. The summed E-state index contributed by atoms with van der Waals surface area (Å²) in [4.78, 5) is 27.2. The second-order valence-electron chi connectivity index (χ2n) is 6.39. The lowest BCUT2D eigenvalue weighted by molar-refractivity contribution is -0.384. The summed E-state index contributed by atoms with van der Waals surface area (Å²) in [6.07, 6.45) is 0. The normalized spacial score (nSPS) is 12.6. The number of fused-ring (bicyclic) bond motifs is 1. The summed E-state index contributed by atoms with van der Waals surface area (Å²) < 4.78 is 25.0. The van der Waals surface area contributed by atoms with Crippen LogP contribution in [-0.4, -0.2) is 34.0 Å². The summed E-state index contributed by atoms with van der Waals surface area (Å²) >= 11 is 1.22. The van der Waals surface area contributed by atoms with Gasteiger partial charge >= 0.3 is 0 Å². The minimum atomic E-state index is -3.85. The number of nitro benzene ring substituents is 1. The molecule has 1 amide bonds. The summed E-state index contributed by atoms with van der Waals surface area (Å²) in [5.74, 6) is -0.297. The van der Waals surface area contributed by atoms with Crippen LogP contribution in [0, 0.1) is 10.1 Å². The number of sulfonamides is 1. The number of anilines is 1. The molecule has 0 saturated carbocycles. The van der Waals surface area contributed by atoms with Crippen molar-refractivity contribution in [2.75, 3.05) is 5.32 Å². The van der Waals surface area contributed by atoms with Crippen molar-refractivity contribution < 1.29 is 18.1 Å². The molecule has 1 atom stereocenters. The zero-order valence-electron chi connectivity index (χ0n) is 16.1. The number of nitrogens with zero attached hydrogens (tertiary/aromatic N) is 3. The Hall–Kier alpha value is -2.96. The second-order valence-corrected chi connectivity index (χ2v) is 9.26.